The van der Waals surface area contributed by atoms with E-state index in [2.05, 4.69) is 4.74 Å². The minimum atomic E-state index is -0.761. The molecule has 0 amide bonds. The zero-order chi connectivity index (χ0) is 12.0. The molecule has 0 aromatic rings. The number of nitrogens with two attached hydrogens (primary N) is 2. The molecular formula is C10H20N2O3. The normalized spacial score (nSPS) is 16.6. The van der Waals surface area contributed by atoms with E-state index >= 15 is 0 Å². The smallest absolute Gasteiger partial charge is 0.330 e. The molecule has 3 atom stereocenters. The molecule has 5 heteroatoms. The molecule has 0 heterocycles. The Hall–Kier alpha value is -0.940. The van der Waals surface area contributed by atoms with Crippen LogP contribution in [-0.2, 0) is 14.3 Å². The Morgan fingerprint density at radius 1 is 1.13 bits per heavy atom. The van der Waals surface area contributed by atoms with Crippen molar-refractivity contribution in [2.45, 2.75) is 45.7 Å². The Balaban J connectivity index is 4.19. The Bertz CT molecular complexity index is 231. The second-order valence-electron chi connectivity index (χ2n) is 3.67. The Labute approximate surface area is 90.1 Å². The van der Waals surface area contributed by atoms with Crippen molar-refractivity contribution in [3.05, 3.63) is 0 Å². The second kappa shape index (κ2) is 6.53. The number of hydrogen-bond donors (Lipinski definition) is 2. The van der Waals surface area contributed by atoms with Gasteiger partial charge in [0.1, 0.15) is 12.1 Å². The largest absolute Gasteiger partial charge is 0.391 e. The maximum absolute atomic E-state index is 11.4. The molecule has 0 rings (SSSR count). The Morgan fingerprint density at radius 2 is 1.67 bits per heavy atom. The van der Waals surface area contributed by atoms with E-state index in [9.17, 15) is 9.59 Å². The summed E-state index contributed by atoms with van der Waals surface area (Å²) in [4.78, 5) is 22.5. The first-order chi connectivity index (χ1) is 6.93. The van der Waals surface area contributed by atoms with E-state index in [1.54, 1.807) is 6.92 Å². The third-order valence-corrected chi connectivity index (χ3v) is 2.47. The van der Waals surface area contributed by atoms with Crippen molar-refractivity contribution in [2.24, 2.45) is 17.4 Å². The fraction of sp³-hybridized carbons (Fsp3) is 0.800. The summed E-state index contributed by atoms with van der Waals surface area (Å²) in [5.41, 5.74) is 11.0. The van der Waals surface area contributed by atoms with Gasteiger partial charge < -0.3 is 16.2 Å². The maximum atomic E-state index is 11.4. The summed E-state index contributed by atoms with van der Waals surface area (Å²) in [7, 11) is 0. The van der Waals surface area contributed by atoms with E-state index in [4.69, 9.17) is 11.5 Å². The van der Waals surface area contributed by atoms with Gasteiger partial charge >= 0.3 is 11.9 Å². The fourth-order valence-corrected chi connectivity index (χ4v) is 0.896. The van der Waals surface area contributed by atoms with Crippen LogP contribution in [0.2, 0.25) is 0 Å². The lowest BCUT2D eigenvalue weighted by Crippen LogP contribution is -2.42. The quantitative estimate of drug-likeness (QED) is 0.504. The fourth-order valence-electron chi connectivity index (χ4n) is 0.896. The summed E-state index contributed by atoms with van der Waals surface area (Å²) in [6.07, 6.45) is 1.19. The monoisotopic (exact) mass is 216 g/mol. The van der Waals surface area contributed by atoms with Gasteiger partial charge in [0, 0.05) is 0 Å². The van der Waals surface area contributed by atoms with E-state index in [-0.39, 0.29) is 5.92 Å². The number of carbonyl (C=O) groups is 2. The molecular weight excluding hydrogens is 196 g/mol. The zero-order valence-corrected chi connectivity index (χ0v) is 9.53. The first kappa shape index (κ1) is 14.1. The summed E-state index contributed by atoms with van der Waals surface area (Å²) in [6, 6.07) is -1.51. The van der Waals surface area contributed by atoms with E-state index in [0.717, 1.165) is 6.42 Å². The second-order valence-corrected chi connectivity index (χ2v) is 3.67. The highest BCUT2D eigenvalue weighted by molar-refractivity contribution is 5.90. The highest BCUT2D eigenvalue weighted by atomic mass is 16.6. The predicted molar refractivity (Wildman–Crippen MR) is 56.8 cm³/mol. The third kappa shape index (κ3) is 4.40. The highest BCUT2D eigenvalue weighted by Crippen LogP contribution is 2.07. The molecule has 0 aromatic carbocycles. The summed E-state index contributed by atoms with van der Waals surface area (Å²) in [5, 5.41) is 0. The summed E-state index contributed by atoms with van der Waals surface area (Å²) >= 11 is 0. The molecule has 0 aromatic heterocycles. The first-order valence-corrected chi connectivity index (χ1v) is 5.20. The first-order valence-electron chi connectivity index (χ1n) is 5.20. The van der Waals surface area contributed by atoms with Gasteiger partial charge in [0.15, 0.2) is 0 Å². The van der Waals surface area contributed by atoms with Gasteiger partial charge in [-0.3, -0.25) is 0 Å². The molecule has 0 spiro atoms. The van der Waals surface area contributed by atoms with E-state index < -0.39 is 24.0 Å². The standard InChI is InChI=1S/C10H20N2O3/c1-4-6(3)8(12)10(14)15-9(13)7(11)5-2/h6-8H,4-5,11-12H2,1-3H3/t6-,7?,8-/m0/s1. The number of hydrogen-bond acceptors (Lipinski definition) is 5. The van der Waals surface area contributed by atoms with Gasteiger partial charge in [0.2, 0.25) is 0 Å². The van der Waals surface area contributed by atoms with Crippen LogP contribution in [-0.4, -0.2) is 24.0 Å². The topological polar surface area (TPSA) is 95.4 Å². The lowest BCUT2D eigenvalue weighted by Gasteiger charge is -2.16. The van der Waals surface area contributed by atoms with Crippen molar-refractivity contribution in [3.8, 4) is 0 Å². The molecule has 0 saturated carbocycles. The molecule has 88 valence electrons. The average Bonchev–Trinajstić information content (AvgIpc) is 2.25. The molecule has 0 bridgehead atoms. The van der Waals surface area contributed by atoms with Crippen LogP contribution >= 0.6 is 0 Å². The maximum Gasteiger partial charge on any atom is 0.330 e. The van der Waals surface area contributed by atoms with Gasteiger partial charge in [-0.2, -0.15) is 0 Å². The van der Waals surface area contributed by atoms with Crippen molar-refractivity contribution in [1.82, 2.24) is 0 Å². The predicted octanol–water partition coefficient (Wildman–Crippen LogP) is 0.167. The average molecular weight is 216 g/mol. The van der Waals surface area contributed by atoms with Gasteiger partial charge in [-0.25, -0.2) is 9.59 Å². The molecule has 4 N–H and O–H groups in total. The molecule has 0 radical (unpaired) electrons. The SMILES string of the molecule is CCC(N)C(=O)OC(=O)[C@@H](N)[C@@H](C)CC. The molecule has 5 nitrogen and oxygen atoms in total. The minimum Gasteiger partial charge on any atom is -0.391 e. The molecule has 0 aliphatic carbocycles. The Morgan fingerprint density at radius 3 is 2.07 bits per heavy atom. The van der Waals surface area contributed by atoms with Crippen molar-refractivity contribution < 1.29 is 14.3 Å². The van der Waals surface area contributed by atoms with Crippen LogP contribution in [0.3, 0.4) is 0 Å². The van der Waals surface area contributed by atoms with Crippen molar-refractivity contribution in [2.75, 3.05) is 0 Å². The summed E-state index contributed by atoms with van der Waals surface area (Å²) in [6.45, 7) is 5.48. The van der Waals surface area contributed by atoms with Gasteiger partial charge in [-0.15, -0.1) is 0 Å². The number of ether oxygens (including phenoxy) is 1. The summed E-state index contributed by atoms with van der Waals surface area (Å²) < 4.78 is 4.56. The Kier molecular flexibility index (Phi) is 6.12. The lowest BCUT2D eigenvalue weighted by atomic mass is 10.0. The van der Waals surface area contributed by atoms with Gasteiger partial charge in [-0.1, -0.05) is 27.2 Å². The molecule has 15 heavy (non-hydrogen) atoms. The molecule has 0 saturated heterocycles. The van der Waals surface area contributed by atoms with Crippen LogP contribution < -0.4 is 11.5 Å². The van der Waals surface area contributed by atoms with E-state index in [1.165, 1.54) is 0 Å². The van der Waals surface area contributed by atoms with Crippen LogP contribution in [0.15, 0.2) is 0 Å². The van der Waals surface area contributed by atoms with E-state index in [1.807, 2.05) is 13.8 Å². The van der Waals surface area contributed by atoms with E-state index in [0.29, 0.717) is 6.42 Å². The van der Waals surface area contributed by atoms with Gasteiger partial charge in [0.05, 0.1) is 0 Å². The number of rotatable bonds is 5. The lowest BCUT2D eigenvalue weighted by molar-refractivity contribution is -0.162. The zero-order valence-electron chi connectivity index (χ0n) is 9.53. The van der Waals surface area contributed by atoms with Crippen LogP contribution in [0.4, 0.5) is 0 Å². The highest BCUT2D eigenvalue weighted by Gasteiger charge is 2.25. The van der Waals surface area contributed by atoms with Crippen LogP contribution in [0.1, 0.15) is 33.6 Å². The minimum absolute atomic E-state index is 0.0110. The third-order valence-electron chi connectivity index (χ3n) is 2.47. The number of esters is 2. The van der Waals surface area contributed by atoms with Crippen LogP contribution in [0.25, 0.3) is 0 Å². The van der Waals surface area contributed by atoms with Crippen molar-refractivity contribution in [3.63, 3.8) is 0 Å². The van der Waals surface area contributed by atoms with Crippen molar-refractivity contribution in [1.29, 1.82) is 0 Å². The van der Waals surface area contributed by atoms with Crippen molar-refractivity contribution >= 4 is 11.9 Å². The van der Waals surface area contributed by atoms with Gasteiger partial charge in [0.25, 0.3) is 0 Å². The van der Waals surface area contributed by atoms with Gasteiger partial charge in [-0.05, 0) is 12.3 Å². The molecule has 0 aliphatic heterocycles. The van der Waals surface area contributed by atoms with Crippen LogP contribution in [0, 0.1) is 5.92 Å². The number of carbonyl (C=O) groups excluding carboxylic acids is 2. The summed E-state index contributed by atoms with van der Waals surface area (Å²) in [5.74, 6) is -1.41. The van der Waals surface area contributed by atoms with Crippen LogP contribution in [0.5, 0.6) is 0 Å². The molecule has 1 unspecified atom stereocenters. The molecule has 0 fully saturated rings. The molecule has 0 aliphatic rings.